The standard InChI is InChI=1S/C21H21N3O2/c1-23-13-22-18-12-15(10-11-17(18)21(23)26)20(25)24(2)19-9-5-7-14-6-3-4-8-16(14)19/h3-4,6,8,10-13,19H,5,7,9H2,1-2H3/t19-/m0/s1. The summed E-state index contributed by atoms with van der Waals surface area (Å²) in [4.78, 5) is 31.3. The summed E-state index contributed by atoms with van der Waals surface area (Å²) in [6.45, 7) is 0. The predicted octanol–water partition coefficient (Wildman–Crippen LogP) is 3.08. The zero-order valence-corrected chi connectivity index (χ0v) is 15.0. The molecule has 1 aromatic heterocycles. The first-order valence-corrected chi connectivity index (χ1v) is 8.86. The summed E-state index contributed by atoms with van der Waals surface area (Å²) in [7, 11) is 3.53. The quantitative estimate of drug-likeness (QED) is 0.716. The minimum Gasteiger partial charge on any atom is -0.335 e. The van der Waals surface area contributed by atoms with Crippen LogP contribution in [0.15, 0.2) is 53.6 Å². The van der Waals surface area contributed by atoms with Crippen LogP contribution in [0, 0.1) is 0 Å². The number of amides is 1. The van der Waals surface area contributed by atoms with Crippen molar-refractivity contribution in [2.45, 2.75) is 25.3 Å². The van der Waals surface area contributed by atoms with Gasteiger partial charge in [-0.05, 0) is 48.6 Å². The monoisotopic (exact) mass is 347 g/mol. The van der Waals surface area contributed by atoms with Gasteiger partial charge in [0.1, 0.15) is 0 Å². The normalized spacial score (nSPS) is 16.3. The molecule has 1 aliphatic carbocycles. The van der Waals surface area contributed by atoms with Gasteiger partial charge in [-0.1, -0.05) is 24.3 Å². The predicted molar refractivity (Wildman–Crippen MR) is 101 cm³/mol. The van der Waals surface area contributed by atoms with Gasteiger partial charge >= 0.3 is 0 Å². The smallest absolute Gasteiger partial charge is 0.260 e. The van der Waals surface area contributed by atoms with Crippen molar-refractivity contribution >= 4 is 16.8 Å². The van der Waals surface area contributed by atoms with Crippen molar-refractivity contribution in [3.8, 4) is 0 Å². The fraction of sp³-hybridized carbons (Fsp3) is 0.286. The number of nitrogens with zero attached hydrogens (tertiary/aromatic N) is 3. The Morgan fingerprint density at radius 1 is 1.23 bits per heavy atom. The lowest BCUT2D eigenvalue weighted by Crippen LogP contribution is -2.33. The molecule has 0 fully saturated rings. The van der Waals surface area contributed by atoms with E-state index in [2.05, 4.69) is 23.2 Å². The van der Waals surface area contributed by atoms with Crippen molar-refractivity contribution in [3.05, 3.63) is 75.8 Å². The van der Waals surface area contributed by atoms with E-state index in [0.29, 0.717) is 16.5 Å². The Bertz CT molecular complexity index is 1050. The number of carbonyl (C=O) groups is 1. The Morgan fingerprint density at radius 2 is 2.04 bits per heavy atom. The van der Waals surface area contributed by atoms with E-state index in [-0.39, 0.29) is 17.5 Å². The van der Waals surface area contributed by atoms with Gasteiger partial charge in [-0.15, -0.1) is 0 Å². The van der Waals surface area contributed by atoms with Crippen LogP contribution in [0.2, 0.25) is 0 Å². The average Bonchev–Trinajstić information content (AvgIpc) is 2.69. The SMILES string of the molecule is CN(C(=O)c1ccc2c(=O)n(C)cnc2c1)[C@H]1CCCc2ccccc21. The zero-order valence-electron chi connectivity index (χ0n) is 15.0. The third-order valence-corrected chi connectivity index (χ3v) is 5.29. The van der Waals surface area contributed by atoms with Crippen LogP contribution in [0.4, 0.5) is 0 Å². The number of aryl methyl sites for hydroxylation is 2. The van der Waals surface area contributed by atoms with Crippen molar-refractivity contribution in [1.82, 2.24) is 14.5 Å². The van der Waals surface area contributed by atoms with E-state index in [0.717, 1.165) is 19.3 Å². The largest absolute Gasteiger partial charge is 0.335 e. The van der Waals surface area contributed by atoms with E-state index in [4.69, 9.17) is 0 Å². The Labute approximate surface area is 151 Å². The van der Waals surface area contributed by atoms with Gasteiger partial charge in [0, 0.05) is 19.7 Å². The average molecular weight is 347 g/mol. The second-order valence-corrected chi connectivity index (χ2v) is 6.92. The van der Waals surface area contributed by atoms with E-state index < -0.39 is 0 Å². The number of fused-ring (bicyclic) bond motifs is 2. The van der Waals surface area contributed by atoms with E-state index in [9.17, 15) is 9.59 Å². The van der Waals surface area contributed by atoms with Gasteiger partial charge < -0.3 is 9.47 Å². The summed E-state index contributed by atoms with van der Waals surface area (Å²) in [6, 6.07) is 13.6. The lowest BCUT2D eigenvalue weighted by atomic mass is 9.87. The van der Waals surface area contributed by atoms with Crippen LogP contribution >= 0.6 is 0 Å². The third-order valence-electron chi connectivity index (χ3n) is 5.29. The van der Waals surface area contributed by atoms with Gasteiger partial charge in [-0.2, -0.15) is 0 Å². The summed E-state index contributed by atoms with van der Waals surface area (Å²) in [5.41, 5.74) is 3.57. The molecule has 0 N–H and O–H groups in total. The highest BCUT2D eigenvalue weighted by molar-refractivity contribution is 5.97. The number of hydrogen-bond acceptors (Lipinski definition) is 3. The maximum atomic E-state index is 13.1. The molecule has 0 spiro atoms. The van der Waals surface area contributed by atoms with Gasteiger partial charge in [0.05, 0.1) is 23.3 Å². The van der Waals surface area contributed by atoms with Gasteiger partial charge in [-0.25, -0.2) is 4.98 Å². The first kappa shape index (κ1) is 16.5. The first-order chi connectivity index (χ1) is 12.6. The molecule has 3 aromatic rings. The molecule has 4 rings (SSSR count). The van der Waals surface area contributed by atoms with E-state index in [1.807, 2.05) is 18.0 Å². The topological polar surface area (TPSA) is 55.2 Å². The minimum atomic E-state index is -0.108. The summed E-state index contributed by atoms with van der Waals surface area (Å²) in [5.74, 6) is -0.0453. The van der Waals surface area contributed by atoms with Crippen molar-refractivity contribution in [2.24, 2.45) is 7.05 Å². The molecule has 132 valence electrons. The van der Waals surface area contributed by atoms with Crippen LogP contribution in [0.3, 0.4) is 0 Å². The van der Waals surface area contributed by atoms with Gasteiger partial charge in [0.25, 0.3) is 11.5 Å². The number of rotatable bonds is 2. The maximum Gasteiger partial charge on any atom is 0.260 e. The number of benzene rings is 2. The van der Waals surface area contributed by atoms with E-state index >= 15 is 0 Å². The molecular formula is C21H21N3O2. The summed E-state index contributed by atoms with van der Waals surface area (Å²) in [6.07, 6.45) is 4.60. The summed E-state index contributed by atoms with van der Waals surface area (Å²) in [5, 5.41) is 0.525. The van der Waals surface area contributed by atoms with Gasteiger partial charge in [-0.3, -0.25) is 9.59 Å². The molecule has 1 atom stereocenters. The molecule has 1 amide bonds. The van der Waals surface area contributed by atoms with Crippen LogP contribution < -0.4 is 5.56 Å². The molecular weight excluding hydrogens is 326 g/mol. The molecule has 0 saturated heterocycles. The number of hydrogen-bond donors (Lipinski definition) is 0. The van der Waals surface area contributed by atoms with Crippen LogP contribution in [0.25, 0.3) is 10.9 Å². The molecule has 5 heteroatoms. The van der Waals surface area contributed by atoms with Crippen LogP contribution in [0.1, 0.15) is 40.4 Å². The highest BCUT2D eigenvalue weighted by Crippen LogP contribution is 2.34. The molecule has 5 nitrogen and oxygen atoms in total. The molecule has 0 bridgehead atoms. The molecule has 1 aliphatic rings. The second kappa shape index (κ2) is 6.41. The Hall–Kier alpha value is -2.95. The Morgan fingerprint density at radius 3 is 2.88 bits per heavy atom. The van der Waals surface area contributed by atoms with Crippen LogP contribution in [0.5, 0.6) is 0 Å². The lowest BCUT2D eigenvalue weighted by Gasteiger charge is -2.33. The van der Waals surface area contributed by atoms with Crippen molar-refractivity contribution < 1.29 is 4.79 Å². The van der Waals surface area contributed by atoms with Crippen molar-refractivity contribution in [2.75, 3.05) is 7.05 Å². The molecule has 26 heavy (non-hydrogen) atoms. The van der Waals surface area contributed by atoms with E-state index in [1.54, 1.807) is 25.2 Å². The maximum absolute atomic E-state index is 13.1. The molecule has 2 aromatic carbocycles. The number of aromatic nitrogens is 2. The zero-order chi connectivity index (χ0) is 18.3. The highest BCUT2D eigenvalue weighted by atomic mass is 16.2. The minimum absolute atomic E-state index is 0.0453. The second-order valence-electron chi connectivity index (χ2n) is 6.92. The fourth-order valence-electron chi connectivity index (χ4n) is 3.82. The fourth-order valence-corrected chi connectivity index (χ4v) is 3.82. The third kappa shape index (κ3) is 2.69. The summed E-state index contributed by atoms with van der Waals surface area (Å²) >= 11 is 0. The molecule has 0 unspecified atom stereocenters. The summed E-state index contributed by atoms with van der Waals surface area (Å²) < 4.78 is 1.44. The first-order valence-electron chi connectivity index (χ1n) is 8.86. The van der Waals surface area contributed by atoms with Gasteiger partial charge in [0.2, 0.25) is 0 Å². The van der Waals surface area contributed by atoms with E-state index in [1.165, 1.54) is 22.0 Å². The molecule has 0 radical (unpaired) electrons. The van der Waals surface area contributed by atoms with Crippen LogP contribution in [-0.4, -0.2) is 27.4 Å². The van der Waals surface area contributed by atoms with Crippen molar-refractivity contribution in [1.29, 1.82) is 0 Å². The molecule has 1 heterocycles. The molecule has 0 aliphatic heterocycles. The molecule has 0 saturated carbocycles. The highest BCUT2D eigenvalue weighted by Gasteiger charge is 2.27. The Kier molecular flexibility index (Phi) is 4.07. The van der Waals surface area contributed by atoms with Crippen molar-refractivity contribution in [3.63, 3.8) is 0 Å². The number of carbonyl (C=O) groups excluding carboxylic acids is 1. The lowest BCUT2D eigenvalue weighted by molar-refractivity contribution is 0.0715. The van der Waals surface area contributed by atoms with Crippen LogP contribution in [-0.2, 0) is 13.5 Å². The Balaban J connectivity index is 1.69. The van der Waals surface area contributed by atoms with Gasteiger partial charge in [0.15, 0.2) is 0 Å².